The van der Waals surface area contributed by atoms with E-state index in [0.29, 0.717) is 30.8 Å². The highest BCUT2D eigenvalue weighted by Gasteiger charge is 2.55. The fourth-order valence-electron chi connectivity index (χ4n) is 4.95. The lowest BCUT2D eigenvalue weighted by molar-refractivity contribution is -0.135. The normalized spacial score (nSPS) is 20.5. The highest BCUT2D eigenvalue weighted by atomic mass is 32.2. The highest BCUT2D eigenvalue weighted by molar-refractivity contribution is 7.89. The zero-order valence-electron chi connectivity index (χ0n) is 19.8. The molecule has 0 saturated carbocycles. The highest BCUT2D eigenvalue weighted by Crippen LogP contribution is 2.45. The minimum atomic E-state index is -3.87. The molecule has 1 atom stereocenters. The van der Waals surface area contributed by atoms with Gasteiger partial charge in [0.2, 0.25) is 21.7 Å². The number of Topliss-reactive ketones (excluding diaryl/α,β-unsaturated/α-hetero) is 1. The topological polar surface area (TPSA) is 97.1 Å². The number of rotatable bonds is 7. The predicted molar refractivity (Wildman–Crippen MR) is 132 cm³/mol. The van der Waals surface area contributed by atoms with Gasteiger partial charge in [0, 0.05) is 31.8 Å². The van der Waals surface area contributed by atoms with Gasteiger partial charge < -0.3 is 14.1 Å². The first-order chi connectivity index (χ1) is 17.3. The lowest BCUT2D eigenvalue weighted by atomic mass is 9.74. The third kappa shape index (κ3) is 4.14. The number of nitrogens with zero attached hydrogens (tertiary/aromatic N) is 2. The Hall–Kier alpha value is -3.69. The van der Waals surface area contributed by atoms with Crippen molar-refractivity contribution >= 4 is 21.7 Å². The molecular formula is C27H26N2O6S. The van der Waals surface area contributed by atoms with Crippen LogP contribution in [0, 0.1) is 5.41 Å². The Balaban J connectivity index is 1.50. The molecule has 0 aliphatic carbocycles. The second kappa shape index (κ2) is 9.40. The van der Waals surface area contributed by atoms with Crippen LogP contribution in [0.1, 0.15) is 22.5 Å². The lowest BCUT2D eigenvalue weighted by Gasteiger charge is -2.38. The Labute approximate surface area is 209 Å². The number of carbonyl (C=O) groups excluding carboxylic acids is 2. The first-order valence-corrected chi connectivity index (χ1v) is 13.1. The molecule has 186 valence electrons. The van der Waals surface area contributed by atoms with E-state index >= 15 is 0 Å². The number of carbonyl (C=O) groups is 2. The van der Waals surface area contributed by atoms with E-state index in [-0.39, 0.29) is 29.7 Å². The van der Waals surface area contributed by atoms with Crippen LogP contribution in [0.5, 0.6) is 5.75 Å². The van der Waals surface area contributed by atoms with Crippen LogP contribution in [0.2, 0.25) is 0 Å². The zero-order chi connectivity index (χ0) is 25.3. The van der Waals surface area contributed by atoms with E-state index in [0.717, 1.165) is 5.56 Å². The molecule has 1 unspecified atom stereocenters. The second-order valence-electron chi connectivity index (χ2n) is 8.94. The van der Waals surface area contributed by atoms with E-state index in [4.69, 9.17) is 9.15 Å². The van der Waals surface area contributed by atoms with Crippen LogP contribution in [0.3, 0.4) is 0 Å². The SMILES string of the molecule is COc1ccc(CN2CCC3(CN(S(=O)(=O)c4ccccc4)CC=C3C(=O)c3ccco3)C2=O)cc1. The molecular weight excluding hydrogens is 480 g/mol. The van der Waals surface area contributed by atoms with E-state index < -0.39 is 21.2 Å². The molecule has 5 rings (SSSR count). The Bertz CT molecular complexity index is 1400. The molecule has 36 heavy (non-hydrogen) atoms. The summed E-state index contributed by atoms with van der Waals surface area (Å²) in [6.45, 7) is 0.623. The third-order valence-corrected chi connectivity index (χ3v) is 8.69. The summed E-state index contributed by atoms with van der Waals surface area (Å²) in [5.41, 5.74) is -0.0935. The molecule has 1 spiro atoms. The summed E-state index contributed by atoms with van der Waals surface area (Å²) in [7, 11) is -2.28. The Kier molecular flexibility index (Phi) is 6.27. The quantitative estimate of drug-likeness (QED) is 0.455. The van der Waals surface area contributed by atoms with Gasteiger partial charge in [0.15, 0.2) is 5.76 Å². The molecule has 1 amide bonds. The van der Waals surface area contributed by atoms with Crippen molar-refractivity contribution in [1.82, 2.24) is 9.21 Å². The lowest BCUT2D eigenvalue weighted by Crippen LogP contribution is -2.51. The van der Waals surface area contributed by atoms with E-state index in [9.17, 15) is 18.0 Å². The van der Waals surface area contributed by atoms with Crippen LogP contribution in [-0.2, 0) is 21.4 Å². The first-order valence-electron chi connectivity index (χ1n) is 11.6. The second-order valence-corrected chi connectivity index (χ2v) is 10.9. The van der Waals surface area contributed by atoms with Crippen molar-refractivity contribution in [3.05, 3.63) is 96.0 Å². The van der Waals surface area contributed by atoms with Gasteiger partial charge in [-0.1, -0.05) is 36.4 Å². The molecule has 3 aromatic rings. The monoisotopic (exact) mass is 506 g/mol. The number of amides is 1. The van der Waals surface area contributed by atoms with Crippen molar-refractivity contribution in [3.8, 4) is 5.75 Å². The summed E-state index contributed by atoms with van der Waals surface area (Å²) in [6.07, 6.45) is 3.30. The molecule has 3 heterocycles. The fraction of sp³-hybridized carbons (Fsp3) is 0.259. The first kappa shape index (κ1) is 24.0. The van der Waals surface area contributed by atoms with Crippen LogP contribution in [0.25, 0.3) is 0 Å². The summed E-state index contributed by atoms with van der Waals surface area (Å²) < 4.78 is 38.7. The predicted octanol–water partition coefficient (Wildman–Crippen LogP) is 3.52. The zero-order valence-corrected chi connectivity index (χ0v) is 20.6. The van der Waals surface area contributed by atoms with Gasteiger partial charge in [0.1, 0.15) is 5.75 Å². The van der Waals surface area contributed by atoms with Crippen molar-refractivity contribution in [1.29, 1.82) is 0 Å². The molecule has 2 aliphatic rings. The molecule has 0 radical (unpaired) electrons. The van der Waals surface area contributed by atoms with E-state index in [1.165, 1.54) is 22.7 Å². The van der Waals surface area contributed by atoms with Gasteiger partial charge in [-0.15, -0.1) is 0 Å². The Morgan fingerprint density at radius 2 is 1.81 bits per heavy atom. The minimum absolute atomic E-state index is 0.00742. The fourth-order valence-corrected chi connectivity index (χ4v) is 6.41. The van der Waals surface area contributed by atoms with Crippen molar-refractivity contribution in [2.24, 2.45) is 5.41 Å². The van der Waals surface area contributed by atoms with Gasteiger partial charge in [0.25, 0.3) is 0 Å². The molecule has 1 saturated heterocycles. The van der Waals surface area contributed by atoms with Crippen LogP contribution in [0.15, 0.2) is 94.0 Å². The number of ether oxygens (including phenoxy) is 1. The van der Waals surface area contributed by atoms with Crippen molar-refractivity contribution in [2.45, 2.75) is 17.9 Å². The van der Waals surface area contributed by atoms with Crippen molar-refractivity contribution < 1.29 is 27.2 Å². The Morgan fingerprint density at radius 1 is 1.06 bits per heavy atom. The van der Waals surface area contributed by atoms with Crippen molar-refractivity contribution in [3.63, 3.8) is 0 Å². The van der Waals surface area contributed by atoms with E-state index in [1.54, 1.807) is 48.4 Å². The molecule has 0 N–H and O–H groups in total. The number of hydrogen-bond donors (Lipinski definition) is 0. The van der Waals surface area contributed by atoms with E-state index in [2.05, 4.69) is 0 Å². The number of furan rings is 1. The summed E-state index contributed by atoms with van der Waals surface area (Å²) in [5.74, 6) is 0.182. The number of benzene rings is 2. The summed E-state index contributed by atoms with van der Waals surface area (Å²) in [5, 5.41) is 0. The summed E-state index contributed by atoms with van der Waals surface area (Å²) in [4.78, 5) is 29.2. The molecule has 1 aromatic heterocycles. The van der Waals surface area contributed by atoms with Crippen LogP contribution < -0.4 is 4.74 Å². The smallest absolute Gasteiger partial charge is 0.243 e. The minimum Gasteiger partial charge on any atom is -0.497 e. The molecule has 1 fully saturated rings. The maximum Gasteiger partial charge on any atom is 0.243 e. The molecule has 9 heteroatoms. The number of sulfonamides is 1. The van der Waals surface area contributed by atoms with Crippen LogP contribution >= 0.6 is 0 Å². The molecule has 0 bridgehead atoms. The molecule has 2 aliphatic heterocycles. The standard InChI is InChI=1S/C27H26N2O6S/c1-34-21-11-9-20(10-12-21)18-28-16-14-27(26(28)31)19-29(36(32,33)22-6-3-2-4-7-22)15-13-23(27)25(30)24-8-5-17-35-24/h2-13,17H,14-16,18-19H2,1H3. The molecule has 8 nitrogen and oxygen atoms in total. The van der Waals surface area contributed by atoms with Crippen LogP contribution in [-0.4, -0.2) is 56.1 Å². The Morgan fingerprint density at radius 3 is 2.47 bits per heavy atom. The average molecular weight is 507 g/mol. The van der Waals surface area contributed by atoms with E-state index in [1.807, 2.05) is 24.3 Å². The third-order valence-electron chi connectivity index (χ3n) is 6.87. The van der Waals surface area contributed by atoms with Gasteiger partial charge in [0.05, 0.1) is 23.7 Å². The van der Waals surface area contributed by atoms with Crippen molar-refractivity contribution in [2.75, 3.05) is 26.7 Å². The number of likely N-dealkylation sites (tertiary alicyclic amines) is 1. The van der Waals surface area contributed by atoms with Crippen LogP contribution in [0.4, 0.5) is 0 Å². The van der Waals surface area contributed by atoms with Gasteiger partial charge in [-0.3, -0.25) is 9.59 Å². The van der Waals surface area contributed by atoms with Gasteiger partial charge in [-0.05, 0) is 48.4 Å². The van der Waals surface area contributed by atoms with Gasteiger partial charge in [-0.25, -0.2) is 8.42 Å². The average Bonchev–Trinajstić information content (AvgIpc) is 3.55. The number of hydrogen-bond acceptors (Lipinski definition) is 6. The maximum atomic E-state index is 14.0. The molecule has 2 aromatic carbocycles. The van der Waals surface area contributed by atoms with Gasteiger partial charge >= 0.3 is 0 Å². The summed E-state index contributed by atoms with van der Waals surface area (Å²) >= 11 is 0. The largest absolute Gasteiger partial charge is 0.497 e. The number of methoxy groups -OCH3 is 1. The maximum absolute atomic E-state index is 14.0. The van der Waals surface area contributed by atoms with Gasteiger partial charge in [-0.2, -0.15) is 4.31 Å². The summed E-state index contributed by atoms with van der Waals surface area (Å²) in [6, 6.07) is 18.7. The number of ketones is 1.